The van der Waals surface area contributed by atoms with Gasteiger partial charge in [0.25, 0.3) is 0 Å². The zero-order valence-electron chi connectivity index (χ0n) is 19.2. The second-order valence-electron chi connectivity index (χ2n) is 8.69. The molecule has 0 radical (unpaired) electrons. The third kappa shape index (κ3) is 4.82. The summed E-state index contributed by atoms with van der Waals surface area (Å²) in [6.07, 6.45) is 0.362. The number of aromatic nitrogens is 1. The number of hydrogen-bond acceptors (Lipinski definition) is 8. The minimum atomic E-state index is 0.0675. The fourth-order valence-electron chi connectivity index (χ4n) is 4.59. The summed E-state index contributed by atoms with van der Waals surface area (Å²) < 4.78 is 10.9. The van der Waals surface area contributed by atoms with Gasteiger partial charge in [0.05, 0.1) is 4.88 Å². The lowest BCUT2D eigenvalue weighted by molar-refractivity contribution is 0.0989. The lowest BCUT2D eigenvalue weighted by Gasteiger charge is -2.37. The van der Waals surface area contributed by atoms with Crippen LogP contribution in [0, 0.1) is 0 Å². The maximum absolute atomic E-state index is 13.1. The van der Waals surface area contributed by atoms with Crippen molar-refractivity contribution in [2.24, 2.45) is 0 Å². The number of anilines is 1. The van der Waals surface area contributed by atoms with Crippen LogP contribution >= 0.6 is 22.7 Å². The van der Waals surface area contributed by atoms with E-state index in [-0.39, 0.29) is 5.78 Å². The fraction of sp³-hybridized carbons (Fsp3) is 0.259. The summed E-state index contributed by atoms with van der Waals surface area (Å²) in [4.78, 5) is 23.6. The molecule has 2 aliphatic rings. The van der Waals surface area contributed by atoms with Gasteiger partial charge in [0, 0.05) is 50.2 Å². The van der Waals surface area contributed by atoms with Crippen molar-refractivity contribution in [2.75, 3.05) is 37.9 Å². The highest BCUT2D eigenvalue weighted by atomic mass is 32.1. The van der Waals surface area contributed by atoms with Crippen LogP contribution in [0.1, 0.15) is 21.6 Å². The maximum atomic E-state index is 13.1. The van der Waals surface area contributed by atoms with Crippen LogP contribution in [-0.4, -0.2) is 48.6 Å². The molecule has 0 unspecified atom stereocenters. The number of thiophene rings is 1. The molecule has 6 rings (SSSR count). The van der Waals surface area contributed by atoms with Crippen LogP contribution in [-0.2, 0) is 13.0 Å². The average Bonchev–Trinajstić information content (AvgIpc) is 3.66. The predicted octanol–water partition coefficient (Wildman–Crippen LogP) is 5.35. The SMILES string of the molecule is O=C(Cc1ccccc1N1CCN(Cc2ccc3c(c2)OCO3)CC1)c1csc(-c2cccs2)n1. The summed E-state index contributed by atoms with van der Waals surface area (Å²) >= 11 is 3.18. The lowest BCUT2D eigenvalue weighted by atomic mass is 10.0. The van der Waals surface area contributed by atoms with Crippen molar-refractivity contribution >= 4 is 34.1 Å². The molecule has 0 saturated carbocycles. The van der Waals surface area contributed by atoms with Gasteiger partial charge in [-0.05, 0) is 40.8 Å². The van der Waals surface area contributed by atoms with Gasteiger partial charge < -0.3 is 14.4 Å². The predicted molar refractivity (Wildman–Crippen MR) is 140 cm³/mol. The number of carbonyl (C=O) groups excluding carboxylic acids is 1. The highest BCUT2D eigenvalue weighted by molar-refractivity contribution is 7.20. The zero-order valence-corrected chi connectivity index (χ0v) is 20.8. The van der Waals surface area contributed by atoms with Gasteiger partial charge in [-0.2, -0.15) is 0 Å². The Labute approximate surface area is 212 Å². The number of thiazole rings is 1. The van der Waals surface area contributed by atoms with E-state index in [1.807, 2.05) is 35.0 Å². The van der Waals surface area contributed by atoms with Gasteiger partial charge in [-0.3, -0.25) is 9.69 Å². The third-order valence-corrected chi connectivity index (χ3v) is 8.30. The highest BCUT2D eigenvalue weighted by Gasteiger charge is 2.22. The molecule has 0 atom stereocenters. The number of piperazine rings is 1. The van der Waals surface area contributed by atoms with Gasteiger partial charge in [-0.25, -0.2) is 4.98 Å². The Balaban J connectivity index is 1.09. The van der Waals surface area contributed by atoms with Crippen LogP contribution in [0.2, 0.25) is 0 Å². The molecule has 0 bridgehead atoms. The normalized spacial score (nSPS) is 15.5. The van der Waals surface area contributed by atoms with Crippen LogP contribution in [0.25, 0.3) is 9.88 Å². The monoisotopic (exact) mass is 503 g/mol. The van der Waals surface area contributed by atoms with Gasteiger partial charge in [-0.15, -0.1) is 22.7 Å². The molecule has 35 heavy (non-hydrogen) atoms. The Kier molecular flexibility index (Phi) is 6.24. The number of hydrogen-bond donors (Lipinski definition) is 0. The Hall–Kier alpha value is -3.20. The molecular formula is C27H25N3O3S2. The molecule has 0 amide bonds. The number of ether oxygens (including phenoxy) is 2. The summed E-state index contributed by atoms with van der Waals surface area (Å²) in [5.41, 5.74) is 4.00. The van der Waals surface area contributed by atoms with E-state index in [0.717, 1.165) is 65.4 Å². The van der Waals surface area contributed by atoms with Crippen LogP contribution < -0.4 is 14.4 Å². The summed E-state index contributed by atoms with van der Waals surface area (Å²) in [6.45, 7) is 4.97. The first-order valence-electron chi connectivity index (χ1n) is 11.7. The molecule has 0 aliphatic carbocycles. The van der Waals surface area contributed by atoms with Crippen LogP contribution in [0.15, 0.2) is 65.4 Å². The number of fused-ring (bicyclic) bond motifs is 1. The molecule has 2 aliphatic heterocycles. The van der Waals surface area contributed by atoms with E-state index in [4.69, 9.17) is 9.47 Å². The molecule has 4 heterocycles. The van der Waals surface area contributed by atoms with Gasteiger partial charge in [0.2, 0.25) is 6.79 Å². The Morgan fingerprint density at radius 1 is 0.943 bits per heavy atom. The van der Waals surface area contributed by atoms with Gasteiger partial charge in [0.15, 0.2) is 17.3 Å². The van der Waals surface area contributed by atoms with E-state index in [0.29, 0.717) is 18.9 Å². The number of rotatable bonds is 7. The first kappa shape index (κ1) is 22.3. The van der Waals surface area contributed by atoms with E-state index < -0.39 is 0 Å². The minimum absolute atomic E-state index is 0.0675. The number of para-hydroxylation sites is 1. The molecule has 0 spiro atoms. The quantitative estimate of drug-likeness (QED) is 0.317. The third-order valence-electron chi connectivity index (χ3n) is 6.42. The van der Waals surface area contributed by atoms with Crippen LogP contribution in [0.5, 0.6) is 11.5 Å². The topological polar surface area (TPSA) is 54.9 Å². The molecule has 6 nitrogen and oxygen atoms in total. The zero-order chi connectivity index (χ0) is 23.6. The number of benzene rings is 2. The van der Waals surface area contributed by atoms with Crippen molar-refractivity contribution in [3.05, 3.63) is 82.2 Å². The second kappa shape index (κ2) is 9.81. The molecule has 4 aromatic rings. The standard InChI is InChI=1S/C27H25N3O3S2/c31-23(21-17-35-27(28-21)26-6-3-13-34-26)15-20-4-1-2-5-22(20)30-11-9-29(10-12-30)16-19-7-8-24-25(14-19)33-18-32-24/h1-8,13-14,17H,9-12,15-16,18H2. The van der Waals surface area contributed by atoms with E-state index in [1.165, 1.54) is 16.9 Å². The smallest absolute Gasteiger partial charge is 0.231 e. The summed E-state index contributed by atoms with van der Waals surface area (Å²) in [5, 5.41) is 4.83. The molecule has 0 N–H and O–H groups in total. The van der Waals surface area contributed by atoms with Crippen molar-refractivity contribution in [3.63, 3.8) is 0 Å². The molecular weight excluding hydrogens is 478 g/mol. The first-order valence-corrected chi connectivity index (χ1v) is 13.5. The lowest BCUT2D eigenvalue weighted by Crippen LogP contribution is -2.46. The summed E-state index contributed by atoms with van der Waals surface area (Å²) in [5.74, 6) is 1.73. The first-order chi connectivity index (χ1) is 17.2. The molecule has 2 aromatic carbocycles. The van der Waals surface area contributed by atoms with Crippen molar-refractivity contribution in [3.8, 4) is 21.4 Å². The van der Waals surface area contributed by atoms with Crippen LogP contribution in [0.4, 0.5) is 5.69 Å². The van der Waals surface area contributed by atoms with Gasteiger partial charge in [0.1, 0.15) is 10.7 Å². The molecule has 1 saturated heterocycles. The number of ketones is 1. The van der Waals surface area contributed by atoms with Crippen LogP contribution in [0.3, 0.4) is 0 Å². The highest BCUT2D eigenvalue weighted by Crippen LogP contribution is 2.33. The largest absolute Gasteiger partial charge is 0.454 e. The second-order valence-corrected chi connectivity index (χ2v) is 10.5. The maximum Gasteiger partial charge on any atom is 0.231 e. The molecule has 2 aromatic heterocycles. The van der Waals surface area contributed by atoms with E-state index >= 15 is 0 Å². The Bertz CT molecular complexity index is 1330. The van der Waals surface area contributed by atoms with Crippen molar-refractivity contribution < 1.29 is 14.3 Å². The Morgan fingerprint density at radius 3 is 2.66 bits per heavy atom. The van der Waals surface area contributed by atoms with Gasteiger partial charge in [-0.1, -0.05) is 30.3 Å². The molecule has 8 heteroatoms. The number of Topliss-reactive ketones (excluding diaryl/α,β-unsaturated/α-hetero) is 1. The van der Waals surface area contributed by atoms with Crippen molar-refractivity contribution in [1.82, 2.24) is 9.88 Å². The fourth-order valence-corrected chi connectivity index (χ4v) is 6.23. The summed E-state index contributed by atoms with van der Waals surface area (Å²) in [7, 11) is 0. The Morgan fingerprint density at radius 2 is 1.80 bits per heavy atom. The van der Waals surface area contributed by atoms with Crippen molar-refractivity contribution in [1.29, 1.82) is 0 Å². The van der Waals surface area contributed by atoms with Gasteiger partial charge >= 0.3 is 0 Å². The van der Waals surface area contributed by atoms with Crippen molar-refractivity contribution in [2.45, 2.75) is 13.0 Å². The number of carbonyl (C=O) groups is 1. The van der Waals surface area contributed by atoms with E-state index in [1.54, 1.807) is 11.3 Å². The molecule has 178 valence electrons. The van der Waals surface area contributed by atoms with E-state index in [2.05, 4.69) is 45.1 Å². The average molecular weight is 504 g/mol. The number of nitrogens with zero attached hydrogens (tertiary/aromatic N) is 3. The summed E-state index contributed by atoms with van der Waals surface area (Å²) in [6, 6.07) is 18.5. The van der Waals surface area contributed by atoms with E-state index in [9.17, 15) is 4.79 Å². The molecule has 1 fully saturated rings. The minimum Gasteiger partial charge on any atom is -0.454 e.